The lowest BCUT2D eigenvalue weighted by Crippen LogP contribution is -2.09. The Morgan fingerprint density at radius 2 is 1.62 bits per heavy atom. The number of nitrogens with zero attached hydrogens (tertiary/aromatic N) is 1. The molecule has 160 valence electrons. The van der Waals surface area contributed by atoms with E-state index in [2.05, 4.69) is 4.98 Å². The molecule has 1 atom stereocenters. The summed E-state index contributed by atoms with van der Waals surface area (Å²) in [5, 5.41) is 0. The fourth-order valence-electron chi connectivity index (χ4n) is 4.42. The number of benzene rings is 3. The average molecular weight is 424 g/mol. The molecule has 1 aliphatic carbocycles. The van der Waals surface area contributed by atoms with Gasteiger partial charge in [0.05, 0.1) is 11.7 Å². The summed E-state index contributed by atoms with van der Waals surface area (Å²) in [5.41, 5.74) is 13.7. The number of nitrogens with two attached hydrogens (primary N) is 1. The summed E-state index contributed by atoms with van der Waals surface area (Å²) in [5.74, 6) is 0. The van der Waals surface area contributed by atoms with Gasteiger partial charge in [0.2, 0.25) is 0 Å². The van der Waals surface area contributed by atoms with Crippen molar-refractivity contribution >= 4 is 0 Å². The van der Waals surface area contributed by atoms with Crippen molar-refractivity contribution < 1.29 is 6.85 Å². The van der Waals surface area contributed by atoms with Crippen LogP contribution in [-0.4, -0.2) is 4.98 Å². The normalized spacial score (nSPS) is 18.0. The molecule has 0 bridgehead atoms. The van der Waals surface area contributed by atoms with Gasteiger partial charge in [0.1, 0.15) is 0 Å². The van der Waals surface area contributed by atoms with Crippen molar-refractivity contribution in [2.75, 3.05) is 0 Å². The zero-order valence-corrected chi connectivity index (χ0v) is 18.6. The molecule has 5 rings (SSSR count). The number of hydrogen-bond donors (Lipinski definition) is 1. The van der Waals surface area contributed by atoms with E-state index in [1.807, 2.05) is 69.3 Å². The average Bonchev–Trinajstić information content (AvgIpc) is 3.14. The zero-order valence-electron chi connectivity index (χ0n) is 23.6. The summed E-state index contributed by atoms with van der Waals surface area (Å²) in [6.45, 7) is 3.30. The lowest BCUT2D eigenvalue weighted by atomic mass is 9.88. The number of hydrogen-bond acceptors (Lipinski definition) is 2. The molecule has 0 saturated carbocycles. The van der Waals surface area contributed by atoms with Gasteiger partial charge >= 0.3 is 0 Å². The molecule has 1 heterocycles. The second-order valence-electron chi connectivity index (χ2n) is 9.43. The molecule has 3 aromatic carbocycles. The first-order valence-corrected chi connectivity index (χ1v) is 10.9. The highest BCUT2D eigenvalue weighted by molar-refractivity contribution is 5.84. The minimum atomic E-state index is -2.29. The number of aromatic nitrogens is 1. The van der Waals surface area contributed by atoms with Crippen LogP contribution in [0.5, 0.6) is 0 Å². The Morgan fingerprint density at radius 3 is 2.38 bits per heavy atom. The second-order valence-corrected chi connectivity index (χ2v) is 9.43. The Labute approximate surface area is 198 Å². The largest absolute Gasteiger partial charge is 0.320 e. The molecule has 0 fully saturated rings. The van der Waals surface area contributed by atoms with Gasteiger partial charge in [-0.25, -0.2) is 0 Å². The predicted octanol–water partition coefficient (Wildman–Crippen LogP) is 7.34. The van der Waals surface area contributed by atoms with Crippen LogP contribution in [0.4, 0.5) is 0 Å². The van der Waals surface area contributed by atoms with E-state index in [1.165, 1.54) is 0 Å². The van der Waals surface area contributed by atoms with E-state index in [9.17, 15) is 0 Å². The van der Waals surface area contributed by atoms with Crippen molar-refractivity contribution in [1.29, 1.82) is 0 Å². The first kappa shape index (κ1) is 15.6. The molecule has 0 saturated heterocycles. The number of rotatable bonds is 3. The van der Waals surface area contributed by atoms with Crippen molar-refractivity contribution in [3.05, 3.63) is 101 Å². The summed E-state index contributed by atoms with van der Waals surface area (Å²) in [6.07, 6.45) is 0.0298. The Kier molecular flexibility index (Phi) is 3.75. The highest BCUT2D eigenvalue weighted by atomic mass is 14.7. The fraction of sp³-hybridized carbons (Fsp3) is 0.233. The molecule has 1 aliphatic rings. The quantitative estimate of drug-likeness (QED) is 0.374. The van der Waals surface area contributed by atoms with Gasteiger partial charge in [-0.3, -0.25) is 4.98 Å². The van der Waals surface area contributed by atoms with Crippen LogP contribution in [-0.2, 0) is 6.37 Å². The van der Waals surface area contributed by atoms with Crippen LogP contribution in [0.1, 0.15) is 55.9 Å². The minimum absolute atomic E-state index is 0.203. The fourth-order valence-corrected chi connectivity index (χ4v) is 4.42. The number of fused-ring (bicyclic) bond motifs is 3. The smallest absolute Gasteiger partial charge is 0.0702 e. The van der Waals surface area contributed by atoms with Crippen LogP contribution < -0.4 is 5.73 Å². The van der Waals surface area contributed by atoms with Crippen molar-refractivity contribution in [2.24, 2.45) is 11.1 Å². The van der Waals surface area contributed by atoms with Crippen LogP contribution in [0.3, 0.4) is 0 Å². The molecule has 2 nitrogen and oxygen atoms in total. The van der Waals surface area contributed by atoms with Gasteiger partial charge in [-0.1, -0.05) is 75.4 Å². The molecule has 1 aromatic heterocycles. The second kappa shape index (κ2) is 7.72. The first-order valence-electron chi connectivity index (χ1n) is 13.4. The number of pyridine rings is 1. The van der Waals surface area contributed by atoms with Crippen LogP contribution >= 0.6 is 0 Å². The van der Waals surface area contributed by atoms with Crippen LogP contribution in [0.15, 0.2) is 79.0 Å². The van der Waals surface area contributed by atoms with E-state index >= 15 is 0 Å². The van der Waals surface area contributed by atoms with Gasteiger partial charge in [-0.05, 0) is 81.3 Å². The zero-order chi connectivity index (χ0) is 26.8. The Balaban J connectivity index is 1.61. The SMILES string of the molecule is [2H]C([2H])([2H])c1ccc(-c2ccc(C([2H])([2H])C(C)(C)C)cn2)cc1-c1ccc2c(c1)-c1ccccc1C2N. The molecular weight excluding hydrogens is 388 g/mol. The third kappa shape index (κ3) is 3.76. The standard InChI is InChI=1S/C30H30N2/c1-19-9-11-22(28-14-10-20(18-32-28)17-30(2,3)4)16-26(19)21-12-13-25-27(15-21)23-7-5-6-8-24(23)29(25)31/h5-16,18,29H,17,31H2,1-4H3/i1D3,17D2. The minimum Gasteiger partial charge on any atom is -0.320 e. The van der Waals surface area contributed by atoms with Crippen molar-refractivity contribution in [3.63, 3.8) is 0 Å². The lowest BCUT2D eigenvalue weighted by Gasteiger charge is -2.18. The van der Waals surface area contributed by atoms with Gasteiger partial charge in [0, 0.05) is 18.6 Å². The van der Waals surface area contributed by atoms with Crippen molar-refractivity contribution in [3.8, 4) is 33.5 Å². The maximum atomic E-state index is 8.52. The first-order chi connectivity index (χ1) is 17.3. The van der Waals surface area contributed by atoms with Gasteiger partial charge in [0.25, 0.3) is 0 Å². The van der Waals surface area contributed by atoms with Gasteiger partial charge < -0.3 is 5.73 Å². The van der Waals surface area contributed by atoms with E-state index in [4.69, 9.17) is 12.6 Å². The predicted molar refractivity (Wildman–Crippen MR) is 134 cm³/mol. The Bertz CT molecular complexity index is 1480. The number of aryl methyl sites for hydroxylation is 1. The summed E-state index contributed by atoms with van der Waals surface area (Å²) < 4.78 is 41.5. The molecule has 0 amide bonds. The summed E-state index contributed by atoms with van der Waals surface area (Å²) in [7, 11) is 0. The van der Waals surface area contributed by atoms with Gasteiger partial charge in [0.15, 0.2) is 0 Å². The van der Waals surface area contributed by atoms with Gasteiger partial charge in [-0.2, -0.15) is 0 Å². The van der Waals surface area contributed by atoms with Gasteiger partial charge in [-0.15, -0.1) is 0 Å². The van der Waals surface area contributed by atoms with E-state index in [1.54, 1.807) is 30.5 Å². The topological polar surface area (TPSA) is 38.9 Å². The van der Waals surface area contributed by atoms with Crippen molar-refractivity contribution in [2.45, 2.75) is 40.0 Å². The van der Waals surface area contributed by atoms with E-state index < -0.39 is 18.6 Å². The van der Waals surface area contributed by atoms with Crippen LogP contribution in [0.25, 0.3) is 33.5 Å². The summed E-state index contributed by atoms with van der Waals surface area (Å²) in [4.78, 5) is 4.56. The molecule has 2 N–H and O–H groups in total. The third-order valence-corrected chi connectivity index (χ3v) is 5.88. The van der Waals surface area contributed by atoms with E-state index in [0.29, 0.717) is 16.8 Å². The summed E-state index contributed by atoms with van der Waals surface area (Å²) >= 11 is 0. The van der Waals surface area contributed by atoms with Crippen LogP contribution in [0, 0.1) is 12.3 Å². The maximum Gasteiger partial charge on any atom is 0.0702 e. The lowest BCUT2D eigenvalue weighted by molar-refractivity contribution is 0.411. The molecule has 32 heavy (non-hydrogen) atoms. The molecule has 1 unspecified atom stereocenters. The highest BCUT2D eigenvalue weighted by Crippen LogP contribution is 2.44. The molecule has 2 heteroatoms. The highest BCUT2D eigenvalue weighted by Gasteiger charge is 2.25. The molecule has 0 radical (unpaired) electrons. The van der Waals surface area contributed by atoms with Crippen LogP contribution in [0.2, 0.25) is 0 Å². The molecule has 4 aromatic rings. The molecule has 0 aliphatic heterocycles. The Hall–Kier alpha value is -3.23. The summed E-state index contributed by atoms with van der Waals surface area (Å²) in [6, 6.07) is 22.6. The Morgan fingerprint density at radius 1 is 0.875 bits per heavy atom. The molecule has 0 spiro atoms. The van der Waals surface area contributed by atoms with E-state index in [0.717, 1.165) is 33.4 Å². The third-order valence-electron chi connectivity index (χ3n) is 5.88. The molecular formula is C30H30N2. The maximum absolute atomic E-state index is 8.52. The van der Waals surface area contributed by atoms with E-state index in [-0.39, 0.29) is 11.6 Å². The van der Waals surface area contributed by atoms with Crippen molar-refractivity contribution in [1.82, 2.24) is 4.98 Å². The monoisotopic (exact) mass is 423 g/mol.